The first-order valence-electron chi connectivity index (χ1n) is 4.89. The van der Waals surface area contributed by atoms with E-state index >= 15 is 0 Å². The normalized spacial score (nSPS) is 10.3. The molecule has 0 aliphatic rings. The molecule has 0 unspecified atom stereocenters. The van der Waals surface area contributed by atoms with Crippen molar-refractivity contribution in [3.63, 3.8) is 0 Å². The Morgan fingerprint density at radius 1 is 1.50 bits per heavy atom. The van der Waals surface area contributed by atoms with Crippen LogP contribution < -0.4 is 11.1 Å². The van der Waals surface area contributed by atoms with Crippen LogP contribution in [0.5, 0.6) is 0 Å². The van der Waals surface area contributed by atoms with E-state index in [0.29, 0.717) is 18.1 Å². The van der Waals surface area contributed by atoms with Gasteiger partial charge in [-0.3, -0.25) is 0 Å². The summed E-state index contributed by atoms with van der Waals surface area (Å²) in [6, 6.07) is 0. The molecule has 0 saturated heterocycles. The third-order valence-corrected chi connectivity index (χ3v) is 2.19. The van der Waals surface area contributed by atoms with Gasteiger partial charge in [0.1, 0.15) is 18.5 Å². The van der Waals surface area contributed by atoms with Crippen molar-refractivity contribution in [2.75, 3.05) is 17.6 Å². The van der Waals surface area contributed by atoms with Gasteiger partial charge in [-0.25, -0.2) is 9.97 Å². The second kappa shape index (κ2) is 4.56. The molecule has 0 atom stereocenters. The zero-order chi connectivity index (χ0) is 11.4. The molecule has 2 aromatic heterocycles. The quantitative estimate of drug-likeness (QED) is 0.742. The van der Waals surface area contributed by atoms with E-state index in [1.807, 2.05) is 11.6 Å². The Bertz CT molecular complexity index is 464. The van der Waals surface area contributed by atoms with Gasteiger partial charge in [-0.15, -0.1) is 10.2 Å². The topological polar surface area (TPSA) is 94.5 Å². The second-order valence-electron chi connectivity index (χ2n) is 3.36. The molecular weight excluding hydrogens is 206 g/mol. The van der Waals surface area contributed by atoms with Crippen LogP contribution in [0.3, 0.4) is 0 Å². The van der Waals surface area contributed by atoms with E-state index in [9.17, 15) is 0 Å². The summed E-state index contributed by atoms with van der Waals surface area (Å²) in [6.45, 7) is 0.702. The van der Waals surface area contributed by atoms with E-state index in [2.05, 4.69) is 25.5 Å². The number of anilines is 2. The average Bonchev–Trinajstić information content (AvgIpc) is 2.67. The second-order valence-corrected chi connectivity index (χ2v) is 3.36. The zero-order valence-corrected chi connectivity index (χ0v) is 8.96. The highest BCUT2D eigenvalue weighted by molar-refractivity contribution is 5.58. The van der Waals surface area contributed by atoms with Crippen molar-refractivity contribution in [3.05, 3.63) is 24.7 Å². The monoisotopic (exact) mass is 219 g/mol. The van der Waals surface area contributed by atoms with Crippen molar-refractivity contribution >= 4 is 11.5 Å². The smallest absolute Gasteiger partial charge is 0.152 e. The van der Waals surface area contributed by atoms with Gasteiger partial charge in [-0.1, -0.05) is 0 Å². The lowest BCUT2D eigenvalue weighted by molar-refractivity contribution is 0.787. The molecule has 0 radical (unpaired) electrons. The fourth-order valence-electron chi connectivity index (χ4n) is 1.31. The minimum absolute atomic E-state index is 0.542. The van der Waals surface area contributed by atoms with Gasteiger partial charge in [0.2, 0.25) is 0 Å². The van der Waals surface area contributed by atoms with Gasteiger partial charge in [0.25, 0.3) is 0 Å². The van der Waals surface area contributed by atoms with E-state index in [1.54, 1.807) is 12.5 Å². The lowest BCUT2D eigenvalue weighted by Gasteiger charge is -2.06. The molecule has 0 amide bonds. The Morgan fingerprint density at radius 2 is 2.38 bits per heavy atom. The standard InChI is InChI=1S/C9H13N7/c1-16-6-14-15-8(16)2-3-12-9-7(10)4-11-5-13-9/h4-6H,2-3,10H2,1H3,(H,11,12,13). The molecule has 7 heteroatoms. The molecule has 0 saturated carbocycles. The van der Waals surface area contributed by atoms with Crippen LogP contribution in [0, 0.1) is 0 Å². The number of nitrogens with two attached hydrogens (primary N) is 1. The number of rotatable bonds is 4. The minimum atomic E-state index is 0.542. The number of nitrogens with zero attached hydrogens (tertiary/aromatic N) is 5. The molecule has 0 spiro atoms. The van der Waals surface area contributed by atoms with Crippen LogP contribution in [0.1, 0.15) is 5.82 Å². The Kier molecular flexibility index (Phi) is 2.95. The lowest BCUT2D eigenvalue weighted by atomic mass is 10.4. The third-order valence-electron chi connectivity index (χ3n) is 2.19. The van der Waals surface area contributed by atoms with Crippen molar-refractivity contribution in [3.8, 4) is 0 Å². The largest absolute Gasteiger partial charge is 0.394 e. The van der Waals surface area contributed by atoms with Crippen LogP contribution in [-0.4, -0.2) is 31.3 Å². The molecule has 0 bridgehead atoms. The Morgan fingerprint density at radius 3 is 3.06 bits per heavy atom. The van der Waals surface area contributed by atoms with Crippen molar-refractivity contribution in [2.45, 2.75) is 6.42 Å². The summed E-state index contributed by atoms with van der Waals surface area (Å²) in [6.07, 6.45) is 5.47. The van der Waals surface area contributed by atoms with Gasteiger partial charge in [0, 0.05) is 20.0 Å². The van der Waals surface area contributed by atoms with Gasteiger partial charge in [-0.2, -0.15) is 0 Å². The Hall–Kier alpha value is -2.18. The van der Waals surface area contributed by atoms with E-state index in [0.717, 1.165) is 12.2 Å². The van der Waals surface area contributed by atoms with Crippen LogP contribution in [0.15, 0.2) is 18.9 Å². The first-order chi connectivity index (χ1) is 7.77. The molecule has 0 fully saturated rings. The fraction of sp³-hybridized carbons (Fsp3) is 0.333. The molecule has 2 aromatic rings. The van der Waals surface area contributed by atoms with Crippen LogP contribution in [0.4, 0.5) is 11.5 Å². The molecule has 84 valence electrons. The van der Waals surface area contributed by atoms with Crippen molar-refractivity contribution in [1.29, 1.82) is 0 Å². The van der Waals surface area contributed by atoms with Crippen LogP contribution in [0.2, 0.25) is 0 Å². The Labute approximate surface area is 92.7 Å². The predicted molar refractivity (Wildman–Crippen MR) is 59.6 cm³/mol. The SMILES string of the molecule is Cn1cnnc1CCNc1ncncc1N. The number of nitrogens with one attached hydrogen (secondary N) is 1. The molecule has 2 heterocycles. The lowest BCUT2D eigenvalue weighted by Crippen LogP contribution is -2.11. The highest BCUT2D eigenvalue weighted by atomic mass is 15.2. The van der Waals surface area contributed by atoms with Crippen LogP contribution in [0.25, 0.3) is 0 Å². The fourth-order valence-corrected chi connectivity index (χ4v) is 1.31. The van der Waals surface area contributed by atoms with E-state index in [4.69, 9.17) is 5.73 Å². The highest BCUT2D eigenvalue weighted by Crippen LogP contribution is 2.10. The number of hydrogen-bond acceptors (Lipinski definition) is 6. The summed E-state index contributed by atoms with van der Waals surface area (Å²) in [7, 11) is 1.91. The summed E-state index contributed by atoms with van der Waals surface area (Å²) in [5.74, 6) is 1.57. The van der Waals surface area contributed by atoms with Gasteiger partial charge in [-0.05, 0) is 0 Å². The van der Waals surface area contributed by atoms with E-state index < -0.39 is 0 Å². The first kappa shape index (κ1) is 10.3. The Balaban J connectivity index is 1.89. The minimum Gasteiger partial charge on any atom is -0.394 e. The number of aromatic nitrogens is 5. The summed E-state index contributed by atoms with van der Waals surface area (Å²) in [5.41, 5.74) is 6.23. The van der Waals surface area contributed by atoms with Gasteiger partial charge >= 0.3 is 0 Å². The van der Waals surface area contributed by atoms with Gasteiger partial charge in [0.05, 0.1) is 11.9 Å². The number of aryl methyl sites for hydroxylation is 1. The zero-order valence-electron chi connectivity index (χ0n) is 8.96. The molecule has 7 nitrogen and oxygen atoms in total. The predicted octanol–water partition coefficient (Wildman–Crippen LogP) is -0.158. The third kappa shape index (κ3) is 2.25. The van der Waals surface area contributed by atoms with Gasteiger partial charge < -0.3 is 15.6 Å². The summed E-state index contributed by atoms with van der Waals surface area (Å²) >= 11 is 0. The van der Waals surface area contributed by atoms with Crippen molar-refractivity contribution in [1.82, 2.24) is 24.7 Å². The summed E-state index contributed by atoms with van der Waals surface area (Å²) in [5, 5.41) is 10.9. The van der Waals surface area contributed by atoms with Crippen LogP contribution in [-0.2, 0) is 13.5 Å². The molecule has 2 rings (SSSR count). The molecular formula is C9H13N7. The van der Waals surface area contributed by atoms with Gasteiger partial charge in [0.15, 0.2) is 5.82 Å². The maximum atomic E-state index is 5.69. The maximum absolute atomic E-state index is 5.69. The summed E-state index contributed by atoms with van der Waals surface area (Å²) < 4.78 is 1.88. The van der Waals surface area contributed by atoms with E-state index in [-0.39, 0.29) is 0 Å². The van der Waals surface area contributed by atoms with Crippen LogP contribution >= 0.6 is 0 Å². The molecule has 0 aromatic carbocycles. The molecule has 0 aliphatic carbocycles. The maximum Gasteiger partial charge on any atom is 0.152 e. The number of hydrogen-bond donors (Lipinski definition) is 2. The van der Waals surface area contributed by atoms with E-state index in [1.165, 1.54) is 6.33 Å². The van der Waals surface area contributed by atoms with Crippen molar-refractivity contribution in [2.24, 2.45) is 7.05 Å². The summed E-state index contributed by atoms with van der Waals surface area (Å²) in [4.78, 5) is 7.84. The highest BCUT2D eigenvalue weighted by Gasteiger charge is 2.02. The average molecular weight is 219 g/mol. The number of nitrogen functional groups attached to an aromatic ring is 1. The molecule has 3 N–H and O–H groups in total. The molecule has 16 heavy (non-hydrogen) atoms. The molecule has 0 aliphatic heterocycles. The first-order valence-corrected chi connectivity index (χ1v) is 4.89. The van der Waals surface area contributed by atoms with Crippen molar-refractivity contribution < 1.29 is 0 Å².